The number of aromatic nitrogens is 3. The monoisotopic (exact) mass is 452 g/mol. The quantitative estimate of drug-likeness (QED) is 0.564. The first-order valence-corrected chi connectivity index (χ1v) is 10.9. The number of ketones is 1. The van der Waals surface area contributed by atoms with Gasteiger partial charge >= 0.3 is 0 Å². The van der Waals surface area contributed by atoms with Crippen LogP contribution in [0.4, 0.5) is 0 Å². The molecule has 0 saturated heterocycles. The third kappa shape index (κ3) is 4.92. The number of carbonyl (C=O) groups is 2. The first kappa shape index (κ1) is 22.6. The summed E-state index contributed by atoms with van der Waals surface area (Å²) >= 11 is 0. The van der Waals surface area contributed by atoms with Crippen LogP contribution in [0.25, 0.3) is 5.65 Å². The number of nitrogens with one attached hydrogen (secondary N) is 1. The number of rotatable bonds is 7. The fourth-order valence-electron chi connectivity index (χ4n) is 4.01. The fourth-order valence-corrected chi connectivity index (χ4v) is 4.01. The molecule has 174 valence electrons. The van der Waals surface area contributed by atoms with Crippen molar-refractivity contribution in [3.8, 4) is 17.2 Å². The Kier molecular flexibility index (Phi) is 5.97. The number of phenolic OH excluding ortho intramolecular Hbond substituents is 1. The van der Waals surface area contributed by atoms with E-state index in [2.05, 4.69) is 29.4 Å². The summed E-state index contributed by atoms with van der Waals surface area (Å²) in [5.74, 6) is 0.676. The van der Waals surface area contributed by atoms with E-state index in [1.165, 1.54) is 12.1 Å². The van der Waals surface area contributed by atoms with Crippen molar-refractivity contribution in [3.05, 3.63) is 47.9 Å². The first-order valence-electron chi connectivity index (χ1n) is 10.9. The minimum absolute atomic E-state index is 0.141. The van der Waals surface area contributed by atoms with Crippen molar-refractivity contribution in [2.45, 2.75) is 52.2 Å². The molecule has 0 fully saturated rings. The zero-order valence-corrected chi connectivity index (χ0v) is 19.2. The van der Waals surface area contributed by atoms with Crippen LogP contribution in [-0.4, -0.2) is 43.6 Å². The summed E-state index contributed by atoms with van der Waals surface area (Å²) in [5.41, 5.74) is 0.160. The molecule has 0 spiro atoms. The van der Waals surface area contributed by atoms with Gasteiger partial charge in [-0.25, -0.2) is 0 Å². The maximum absolute atomic E-state index is 12.7. The predicted octanol–water partition coefficient (Wildman–Crippen LogP) is 3.46. The second-order valence-corrected chi connectivity index (χ2v) is 9.30. The van der Waals surface area contributed by atoms with Crippen LogP contribution in [0.5, 0.6) is 17.2 Å². The van der Waals surface area contributed by atoms with Crippen molar-refractivity contribution >= 4 is 17.3 Å². The molecular formula is C24H28N4O5. The Hall–Kier alpha value is -3.62. The topological polar surface area (TPSA) is 115 Å². The lowest BCUT2D eigenvalue weighted by Gasteiger charge is -2.32. The molecule has 2 N–H and O–H groups in total. The molecule has 0 bridgehead atoms. The summed E-state index contributed by atoms with van der Waals surface area (Å²) in [6, 6.07) is 8.11. The second-order valence-electron chi connectivity index (χ2n) is 9.30. The number of pyridine rings is 1. The Morgan fingerprint density at radius 2 is 2.09 bits per heavy atom. The number of carbonyl (C=O) groups excluding carboxylic acids is 2. The van der Waals surface area contributed by atoms with Crippen LogP contribution in [-0.2, 0) is 4.79 Å². The van der Waals surface area contributed by atoms with Gasteiger partial charge in [-0.1, -0.05) is 19.9 Å². The summed E-state index contributed by atoms with van der Waals surface area (Å²) in [6.45, 7) is 7.46. The lowest BCUT2D eigenvalue weighted by Crippen LogP contribution is -2.36. The zero-order chi connectivity index (χ0) is 23.8. The number of hydrogen-bond acceptors (Lipinski definition) is 7. The predicted molar refractivity (Wildman–Crippen MR) is 121 cm³/mol. The van der Waals surface area contributed by atoms with Gasteiger partial charge in [0.25, 0.3) is 5.91 Å². The fraction of sp³-hybridized carbons (Fsp3) is 0.417. The number of phenols is 1. The average molecular weight is 453 g/mol. The second kappa shape index (κ2) is 8.73. The molecule has 1 aliphatic rings. The van der Waals surface area contributed by atoms with Crippen LogP contribution in [0, 0.1) is 5.92 Å². The summed E-state index contributed by atoms with van der Waals surface area (Å²) in [5, 5.41) is 21.7. The molecule has 9 nitrogen and oxygen atoms in total. The molecule has 9 heteroatoms. The van der Waals surface area contributed by atoms with Gasteiger partial charge in [0.15, 0.2) is 23.9 Å². The van der Waals surface area contributed by atoms with Crippen LogP contribution in [0.3, 0.4) is 0 Å². The average Bonchev–Trinajstić information content (AvgIpc) is 3.14. The molecule has 3 aromatic rings. The summed E-state index contributed by atoms with van der Waals surface area (Å²) in [4.78, 5) is 25.1. The molecule has 0 aliphatic carbocycles. The Morgan fingerprint density at radius 3 is 2.85 bits per heavy atom. The maximum Gasteiger partial charge on any atom is 0.258 e. The van der Waals surface area contributed by atoms with Gasteiger partial charge in [0, 0.05) is 18.3 Å². The maximum atomic E-state index is 12.7. The van der Waals surface area contributed by atoms with Gasteiger partial charge in [-0.15, -0.1) is 10.2 Å². The Labute approximate surface area is 191 Å². The van der Waals surface area contributed by atoms with Crippen molar-refractivity contribution in [1.82, 2.24) is 19.9 Å². The highest BCUT2D eigenvalue weighted by atomic mass is 16.5. The van der Waals surface area contributed by atoms with Gasteiger partial charge in [0.1, 0.15) is 28.4 Å². The van der Waals surface area contributed by atoms with Gasteiger partial charge in [-0.2, -0.15) is 0 Å². The number of benzene rings is 1. The molecule has 3 heterocycles. The van der Waals surface area contributed by atoms with Gasteiger partial charge < -0.3 is 19.9 Å². The molecule has 4 rings (SSSR count). The summed E-state index contributed by atoms with van der Waals surface area (Å²) < 4.78 is 13.3. The standard InChI is InChI=1S/C24H28N4O5/c1-14(2)9-16(23-27-26-20-7-5-6-8-28(20)23)25-21(31)13-32-15-10-17(29)22-18(30)12-24(3,4)33-19(22)11-15/h5-8,10-11,14,16,29H,9,12-13H2,1-4H3,(H,25,31)/t16-/m1/s1. The normalized spacial score (nSPS) is 15.7. The van der Waals surface area contributed by atoms with Gasteiger partial charge in [0.2, 0.25) is 0 Å². The van der Waals surface area contributed by atoms with E-state index in [1.54, 1.807) is 13.8 Å². The third-order valence-corrected chi connectivity index (χ3v) is 5.37. The zero-order valence-electron chi connectivity index (χ0n) is 19.2. The van der Waals surface area contributed by atoms with Crippen molar-refractivity contribution in [3.63, 3.8) is 0 Å². The highest BCUT2D eigenvalue weighted by molar-refractivity contribution is 6.03. The molecule has 2 aromatic heterocycles. The van der Waals surface area contributed by atoms with E-state index in [-0.39, 0.29) is 53.6 Å². The summed E-state index contributed by atoms with van der Waals surface area (Å²) in [6.07, 6.45) is 2.70. The largest absolute Gasteiger partial charge is 0.507 e. The molecule has 1 aliphatic heterocycles. The van der Waals surface area contributed by atoms with Crippen LogP contribution in [0.15, 0.2) is 36.5 Å². The molecule has 0 saturated carbocycles. The summed E-state index contributed by atoms with van der Waals surface area (Å²) in [7, 11) is 0. The first-order chi connectivity index (χ1) is 15.6. The molecule has 0 radical (unpaired) electrons. The number of hydrogen-bond donors (Lipinski definition) is 2. The Morgan fingerprint density at radius 1 is 1.30 bits per heavy atom. The lowest BCUT2D eigenvalue weighted by atomic mass is 9.92. The number of amides is 1. The van der Waals surface area contributed by atoms with E-state index in [1.807, 2.05) is 28.8 Å². The van der Waals surface area contributed by atoms with E-state index in [9.17, 15) is 14.7 Å². The number of Topliss-reactive ketones (excluding diaryl/α,β-unsaturated/α-hetero) is 1. The minimum atomic E-state index is -0.683. The van der Waals surface area contributed by atoms with E-state index in [0.717, 1.165) is 0 Å². The Balaban J connectivity index is 1.48. The van der Waals surface area contributed by atoms with Crippen LogP contribution < -0.4 is 14.8 Å². The molecule has 1 atom stereocenters. The molecular weight excluding hydrogens is 424 g/mol. The highest BCUT2D eigenvalue weighted by Crippen LogP contribution is 2.40. The minimum Gasteiger partial charge on any atom is -0.507 e. The van der Waals surface area contributed by atoms with Crippen molar-refractivity contribution in [2.24, 2.45) is 5.92 Å². The van der Waals surface area contributed by atoms with Crippen LogP contribution in [0.2, 0.25) is 0 Å². The number of nitrogens with zero attached hydrogens (tertiary/aromatic N) is 3. The van der Waals surface area contributed by atoms with Crippen LogP contribution in [0.1, 0.15) is 62.8 Å². The molecule has 1 amide bonds. The highest BCUT2D eigenvalue weighted by Gasteiger charge is 2.35. The van der Waals surface area contributed by atoms with Crippen molar-refractivity contribution in [1.29, 1.82) is 0 Å². The third-order valence-electron chi connectivity index (χ3n) is 5.37. The van der Waals surface area contributed by atoms with Gasteiger partial charge in [-0.05, 0) is 38.3 Å². The van der Waals surface area contributed by atoms with Crippen molar-refractivity contribution in [2.75, 3.05) is 6.61 Å². The number of ether oxygens (including phenoxy) is 2. The molecule has 0 unspecified atom stereocenters. The number of fused-ring (bicyclic) bond motifs is 2. The molecule has 1 aromatic carbocycles. The van der Waals surface area contributed by atoms with E-state index >= 15 is 0 Å². The Bertz CT molecular complexity index is 1200. The van der Waals surface area contributed by atoms with Gasteiger partial charge in [-0.3, -0.25) is 14.0 Å². The van der Waals surface area contributed by atoms with Crippen molar-refractivity contribution < 1.29 is 24.2 Å². The van der Waals surface area contributed by atoms with E-state index in [4.69, 9.17) is 9.47 Å². The van der Waals surface area contributed by atoms with E-state index in [0.29, 0.717) is 23.8 Å². The lowest BCUT2D eigenvalue weighted by molar-refractivity contribution is -0.124. The van der Waals surface area contributed by atoms with Gasteiger partial charge in [0.05, 0.1) is 12.5 Å². The number of aromatic hydroxyl groups is 1. The molecule has 33 heavy (non-hydrogen) atoms. The van der Waals surface area contributed by atoms with Crippen LogP contribution >= 0.6 is 0 Å². The SMILES string of the molecule is CC(C)C[C@@H](NC(=O)COc1cc(O)c2c(c1)OC(C)(C)CC2=O)c1nnc2ccccn12. The smallest absolute Gasteiger partial charge is 0.258 e. The van der Waals surface area contributed by atoms with E-state index < -0.39 is 5.60 Å².